The number of benzene rings is 2. The summed E-state index contributed by atoms with van der Waals surface area (Å²) in [6, 6.07) is 9.52. The molecule has 2 N–H and O–H groups in total. The first-order valence-corrected chi connectivity index (χ1v) is 10.2. The van der Waals surface area contributed by atoms with Crippen molar-refractivity contribution >= 4 is 29.1 Å². The molecule has 0 aromatic heterocycles. The molecule has 0 radical (unpaired) electrons. The van der Waals surface area contributed by atoms with Crippen LogP contribution in [0.2, 0.25) is 5.02 Å². The molecule has 1 saturated carbocycles. The van der Waals surface area contributed by atoms with Gasteiger partial charge in [-0.25, -0.2) is 4.79 Å². The summed E-state index contributed by atoms with van der Waals surface area (Å²) in [5.41, 5.74) is -0.365. The molecule has 0 saturated heterocycles. The Morgan fingerprint density at radius 1 is 1.03 bits per heavy atom. The summed E-state index contributed by atoms with van der Waals surface area (Å²) in [7, 11) is 0. The Labute approximate surface area is 182 Å². The molecule has 0 aliphatic heterocycles. The van der Waals surface area contributed by atoms with Crippen molar-refractivity contribution in [2.45, 2.75) is 50.9 Å². The Hall–Kier alpha value is -2.74. The van der Waals surface area contributed by atoms with Gasteiger partial charge < -0.3 is 15.4 Å². The molecule has 0 bridgehead atoms. The van der Waals surface area contributed by atoms with Crippen LogP contribution in [-0.2, 0) is 6.18 Å². The lowest BCUT2D eigenvalue weighted by Gasteiger charge is -2.29. The van der Waals surface area contributed by atoms with E-state index in [-0.39, 0.29) is 23.6 Å². The van der Waals surface area contributed by atoms with E-state index < -0.39 is 22.8 Å². The molecular formula is C22H22ClF3N2O3. The van der Waals surface area contributed by atoms with Crippen molar-refractivity contribution in [3.63, 3.8) is 0 Å². The van der Waals surface area contributed by atoms with E-state index in [0.29, 0.717) is 24.2 Å². The smallest absolute Gasteiger partial charge is 0.417 e. The van der Waals surface area contributed by atoms with Gasteiger partial charge in [-0.3, -0.25) is 4.79 Å². The number of halogens is 4. The minimum absolute atomic E-state index is 0.00472. The predicted molar refractivity (Wildman–Crippen MR) is 112 cm³/mol. The quantitative estimate of drug-likeness (QED) is 0.538. The maximum atomic E-state index is 12.9. The van der Waals surface area contributed by atoms with Gasteiger partial charge in [0.05, 0.1) is 16.7 Å². The van der Waals surface area contributed by atoms with Gasteiger partial charge >= 0.3 is 12.2 Å². The summed E-state index contributed by atoms with van der Waals surface area (Å²) in [6.07, 6.45) is -1.81. The highest BCUT2D eigenvalue weighted by Crippen LogP contribution is 2.36. The van der Waals surface area contributed by atoms with Gasteiger partial charge in [-0.1, -0.05) is 11.6 Å². The Morgan fingerprint density at radius 2 is 1.68 bits per heavy atom. The third-order valence-corrected chi connectivity index (χ3v) is 5.43. The SMILES string of the molecule is CC(=O)c1ccc(OC2CCC(NC(=O)Nc3ccc(Cl)c(C(F)(F)F)c3)CC2)cc1. The molecule has 31 heavy (non-hydrogen) atoms. The Bertz CT molecular complexity index is 940. The third kappa shape index (κ3) is 6.37. The Kier molecular flexibility index (Phi) is 7.10. The zero-order valence-corrected chi connectivity index (χ0v) is 17.5. The second kappa shape index (κ2) is 9.60. The van der Waals surface area contributed by atoms with Crippen LogP contribution in [0.5, 0.6) is 5.75 Å². The Morgan fingerprint density at radius 3 is 2.26 bits per heavy atom. The maximum Gasteiger partial charge on any atom is 0.417 e. The van der Waals surface area contributed by atoms with Crippen LogP contribution in [0.1, 0.15) is 48.5 Å². The number of ketones is 1. The normalized spacial score (nSPS) is 18.9. The van der Waals surface area contributed by atoms with Crippen LogP contribution in [-0.4, -0.2) is 24.0 Å². The van der Waals surface area contributed by atoms with Gasteiger partial charge in [-0.15, -0.1) is 0 Å². The highest BCUT2D eigenvalue weighted by Gasteiger charge is 2.33. The molecular weight excluding hydrogens is 433 g/mol. The summed E-state index contributed by atoms with van der Waals surface area (Å²) < 4.78 is 44.8. The summed E-state index contributed by atoms with van der Waals surface area (Å²) in [5, 5.41) is 4.79. The van der Waals surface area contributed by atoms with Gasteiger partial charge in [-0.05, 0) is 75.1 Å². The second-order valence-corrected chi connectivity index (χ2v) is 7.87. The highest BCUT2D eigenvalue weighted by molar-refractivity contribution is 6.31. The standard InChI is InChI=1S/C22H22ClF3N2O3/c1-13(29)14-2-7-17(8-3-14)31-18-9-4-15(5-10-18)27-21(30)28-16-6-11-20(23)19(12-16)22(24,25)26/h2-3,6-8,11-12,15,18H,4-5,9-10H2,1H3,(H2,27,28,30). The first kappa shape index (κ1) is 22.9. The van der Waals surface area contributed by atoms with Crippen LogP contribution < -0.4 is 15.4 Å². The van der Waals surface area contributed by atoms with Crippen LogP contribution in [0.25, 0.3) is 0 Å². The second-order valence-electron chi connectivity index (χ2n) is 7.46. The number of hydrogen-bond donors (Lipinski definition) is 2. The molecule has 1 aliphatic rings. The lowest BCUT2D eigenvalue weighted by atomic mass is 9.93. The van der Waals surface area contributed by atoms with Crippen LogP contribution in [0.15, 0.2) is 42.5 Å². The molecule has 2 amide bonds. The minimum Gasteiger partial charge on any atom is -0.490 e. The summed E-state index contributed by atoms with van der Waals surface area (Å²) >= 11 is 5.59. The molecule has 166 valence electrons. The summed E-state index contributed by atoms with van der Waals surface area (Å²) in [5.74, 6) is 0.673. The summed E-state index contributed by atoms with van der Waals surface area (Å²) in [4.78, 5) is 23.5. The number of ether oxygens (including phenoxy) is 1. The monoisotopic (exact) mass is 454 g/mol. The minimum atomic E-state index is -4.60. The molecule has 0 atom stereocenters. The molecule has 1 fully saturated rings. The number of amides is 2. The zero-order valence-electron chi connectivity index (χ0n) is 16.8. The lowest BCUT2D eigenvalue weighted by molar-refractivity contribution is -0.137. The van der Waals surface area contributed by atoms with Crippen molar-refractivity contribution in [3.05, 3.63) is 58.6 Å². The van der Waals surface area contributed by atoms with E-state index in [4.69, 9.17) is 16.3 Å². The lowest BCUT2D eigenvalue weighted by Crippen LogP contribution is -2.41. The molecule has 2 aromatic rings. The van der Waals surface area contributed by atoms with Crippen molar-refractivity contribution in [3.8, 4) is 5.75 Å². The van der Waals surface area contributed by atoms with Crippen molar-refractivity contribution in [1.29, 1.82) is 0 Å². The first-order chi connectivity index (χ1) is 14.6. The molecule has 9 heteroatoms. The largest absolute Gasteiger partial charge is 0.490 e. The number of anilines is 1. The van der Waals surface area contributed by atoms with E-state index in [9.17, 15) is 22.8 Å². The van der Waals surface area contributed by atoms with Crippen molar-refractivity contribution in [2.24, 2.45) is 0 Å². The van der Waals surface area contributed by atoms with Crippen LogP contribution >= 0.6 is 11.6 Å². The fourth-order valence-corrected chi connectivity index (χ4v) is 3.68. The van der Waals surface area contributed by atoms with Crippen molar-refractivity contribution in [1.82, 2.24) is 5.32 Å². The van der Waals surface area contributed by atoms with E-state index in [1.165, 1.54) is 13.0 Å². The maximum absolute atomic E-state index is 12.9. The number of hydrogen-bond acceptors (Lipinski definition) is 3. The van der Waals surface area contributed by atoms with Crippen molar-refractivity contribution < 1.29 is 27.5 Å². The average molecular weight is 455 g/mol. The average Bonchev–Trinajstić information content (AvgIpc) is 2.70. The topological polar surface area (TPSA) is 67.4 Å². The molecule has 3 rings (SSSR count). The molecule has 0 spiro atoms. The highest BCUT2D eigenvalue weighted by atomic mass is 35.5. The predicted octanol–water partition coefficient (Wildman–Crippen LogP) is 6.07. The fraction of sp³-hybridized carbons (Fsp3) is 0.364. The van der Waals surface area contributed by atoms with Crippen molar-refractivity contribution in [2.75, 3.05) is 5.32 Å². The number of urea groups is 1. The van der Waals surface area contributed by atoms with Crippen LogP contribution in [0.4, 0.5) is 23.7 Å². The number of nitrogens with one attached hydrogen (secondary N) is 2. The van der Waals surface area contributed by atoms with Crippen LogP contribution in [0, 0.1) is 0 Å². The molecule has 5 nitrogen and oxygen atoms in total. The van der Waals surface area contributed by atoms with Gasteiger partial charge in [-0.2, -0.15) is 13.2 Å². The number of rotatable bonds is 5. The molecule has 0 unspecified atom stereocenters. The molecule has 2 aromatic carbocycles. The van der Waals surface area contributed by atoms with E-state index in [2.05, 4.69) is 10.6 Å². The Balaban J connectivity index is 1.47. The number of alkyl halides is 3. The van der Waals surface area contributed by atoms with Gasteiger partial charge in [0.2, 0.25) is 0 Å². The van der Waals surface area contributed by atoms with E-state index in [1.54, 1.807) is 24.3 Å². The first-order valence-electron chi connectivity index (χ1n) is 9.84. The fourth-order valence-electron chi connectivity index (χ4n) is 3.46. The van der Waals surface area contributed by atoms with Gasteiger partial charge in [0, 0.05) is 17.3 Å². The zero-order chi connectivity index (χ0) is 22.6. The number of carbonyl (C=O) groups excluding carboxylic acids is 2. The van der Waals surface area contributed by atoms with Crippen LogP contribution in [0.3, 0.4) is 0 Å². The van der Waals surface area contributed by atoms with Gasteiger partial charge in [0.25, 0.3) is 0 Å². The molecule has 0 heterocycles. The summed E-state index contributed by atoms with van der Waals surface area (Å²) in [6.45, 7) is 1.50. The number of Topliss-reactive ketones (excluding diaryl/α,β-unsaturated/α-hetero) is 1. The van der Waals surface area contributed by atoms with Gasteiger partial charge in [0.1, 0.15) is 5.75 Å². The molecule has 1 aliphatic carbocycles. The number of carbonyl (C=O) groups is 2. The van der Waals surface area contributed by atoms with E-state index >= 15 is 0 Å². The van der Waals surface area contributed by atoms with Gasteiger partial charge in [0.15, 0.2) is 5.78 Å². The van der Waals surface area contributed by atoms with E-state index in [0.717, 1.165) is 25.0 Å². The van der Waals surface area contributed by atoms with E-state index in [1.807, 2.05) is 0 Å². The third-order valence-electron chi connectivity index (χ3n) is 5.10.